The quantitative estimate of drug-likeness (QED) is 0.698. The van der Waals surface area contributed by atoms with Crippen molar-refractivity contribution in [1.29, 1.82) is 0 Å². The Morgan fingerprint density at radius 1 is 1.29 bits per heavy atom. The highest BCUT2D eigenvalue weighted by Crippen LogP contribution is 2.11. The molecule has 3 N–H and O–H groups in total. The lowest BCUT2D eigenvalue weighted by atomic mass is 10.1. The summed E-state index contributed by atoms with van der Waals surface area (Å²) in [5.74, 6) is -0.324. The fraction of sp³-hybridized carbons (Fsp3) is 0.333. The van der Waals surface area contributed by atoms with Crippen LogP contribution in [0, 0.1) is 0 Å². The molecule has 2 amide bonds. The summed E-state index contributed by atoms with van der Waals surface area (Å²) in [7, 11) is 1.52. The number of phenols is 1. The Bertz CT molecular complexity index is 401. The minimum Gasteiger partial charge on any atom is -0.508 e. The molecular formula is C12H16N2O3. The number of carbonyl (C=O) groups is 2. The maximum absolute atomic E-state index is 11.5. The van der Waals surface area contributed by atoms with Crippen molar-refractivity contribution in [1.82, 2.24) is 10.6 Å². The van der Waals surface area contributed by atoms with Gasteiger partial charge in [0.05, 0.1) is 0 Å². The second-order valence-electron chi connectivity index (χ2n) is 3.74. The third-order valence-electron chi connectivity index (χ3n) is 2.32. The van der Waals surface area contributed by atoms with Gasteiger partial charge < -0.3 is 15.7 Å². The van der Waals surface area contributed by atoms with Crippen molar-refractivity contribution in [2.24, 2.45) is 0 Å². The van der Waals surface area contributed by atoms with Crippen molar-refractivity contribution in [3.8, 4) is 5.75 Å². The molecule has 5 heteroatoms. The first-order chi connectivity index (χ1) is 8.02. The van der Waals surface area contributed by atoms with Gasteiger partial charge in [-0.1, -0.05) is 12.1 Å². The molecule has 0 radical (unpaired) electrons. The molecule has 0 fully saturated rings. The fourth-order valence-corrected chi connectivity index (χ4v) is 1.50. The molecule has 1 aromatic rings. The third-order valence-corrected chi connectivity index (χ3v) is 2.32. The van der Waals surface area contributed by atoms with Crippen LogP contribution >= 0.6 is 0 Å². The molecular weight excluding hydrogens is 220 g/mol. The highest BCUT2D eigenvalue weighted by atomic mass is 16.3. The van der Waals surface area contributed by atoms with Crippen molar-refractivity contribution in [3.05, 3.63) is 29.8 Å². The van der Waals surface area contributed by atoms with E-state index >= 15 is 0 Å². The minimum absolute atomic E-state index is 0.171. The zero-order chi connectivity index (χ0) is 12.8. The van der Waals surface area contributed by atoms with Crippen LogP contribution in [-0.2, 0) is 16.0 Å². The van der Waals surface area contributed by atoms with Crippen molar-refractivity contribution < 1.29 is 14.7 Å². The number of carbonyl (C=O) groups excluding carboxylic acids is 2. The summed E-state index contributed by atoms with van der Waals surface area (Å²) in [6, 6.07) is 5.93. The van der Waals surface area contributed by atoms with Crippen LogP contribution in [0.3, 0.4) is 0 Å². The first-order valence-corrected chi connectivity index (χ1v) is 5.29. The summed E-state index contributed by atoms with van der Waals surface area (Å²) in [5.41, 5.74) is 0.866. The molecule has 0 heterocycles. The zero-order valence-corrected chi connectivity index (χ0v) is 9.86. The lowest BCUT2D eigenvalue weighted by molar-refractivity contribution is -0.127. The first-order valence-electron chi connectivity index (χ1n) is 5.29. The second kappa shape index (κ2) is 5.89. The van der Waals surface area contributed by atoms with Crippen LogP contribution in [0.2, 0.25) is 0 Å². The van der Waals surface area contributed by atoms with E-state index in [2.05, 4.69) is 10.6 Å². The van der Waals surface area contributed by atoms with Gasteiger partial charge >= 0.3 is 0 Å². The number of hydrogen-bond acceptors (Lipinski definition) is 3. The molecule has 0 bridgehead atoms. The molecule has 1 rings (SSSR count). The molecule has 0 unspecified atom stereocenters. The predicted octanol–water partition coefficient (Wildman–Crippen LogP) is 0.185. The Morgan fingerprint density at radius 2 is 1.88 bits per heavy atom. The number of rotatable bonds is 4. The van der Waals surface area contributed by atoms with E-state index < -0.39 is 6.04 Å². The van der Waals surface area contributed by atoms with E-state index in [1.165, 1.54) is 14.0 Å². The molecule has 1 atom stereocenters. The van der Waals surface area contributed by atoms with Crippen LogP contribution in [0.4, 0.5) is 0 Å². The number of nitrogens with one attached hydrogen (secondary N) is 2. The summed E-state index contributed by atoms with van der Waals surface area (Å²) in [4.78, 5) is 22.5. The van der Waals surface area contributed by atoms with Crippen molar-refractivity contribution in [2.45, 2.75) is 19.4 Å². The smallest absolute Gasteiger partial charge is 0.242 e. The number of aromatic hydroxyl groups is 1. The molecule has 0 aromatic heterocycles. The van der Waals surface area contributed by atoms with Crippen LogP contribution in [0.1, 0.15) is 12.5 Å². The molecule has 0 saturated carbocycles. The minimum atomic E-state index is -0.595. The molecule has 1 aromatic carbocycles. The van der Waals surface area contributed by atoms with E-state index in [-0.39, 0.29) is 17.6 Å². The van der Waals surface area contributed by atoms with E-state index in [4.69, 9.17) is 5.11 Å². The first kappa shape index (κ1) is 13.0. The van der Waals surface area contributed by atoms with E-state index in [0.717, 1.165) is 5.56 Å². The molecule has 0 aliphatic heterocycles. The number of likely N-dealkylation sites (N-methyl/N-ethyl adjacent to an activating group) is 1. The Morgan fingerprint density at radius 3 is 2.35 bits per heavy atom. The van der Waals surface area contributed by atoms with Crippen LogP contribution in [0.15, 0.2) is 24.3 Å². The lowest BCUT2D eigenvalue weighted by Gasteiger charge is -2.16. The topological polar surface area (TPSA) is 78.4 Å². The number of phenolic OH excluding ortho intramolecular Hbond substituents is 1. The summed E-state index contributed by atoms with van der Waals surface area (Å²) >= 11 is 0. The van der Waals surface area contributed by atoms with Gasteiger partial charge in [0.25, 0.3) is 0 Å². The predicted molar refractivity (Wildman–Crippen MR) is 63.5 cm³/mol. The van der Waals surface area contributed by atoms with Crippen LogP contribution < -0.4 is 10.6 Å². The van der Waals surface area contributed by atoms with Crippen molar-refractivity contribution >= 4 is 11.8 Å². The Labute approximate surface area is 99.8 Å². The van der Waals surface area contributed by atoms with Crippen LogP contribution in [0.5, 0.6) is 5.75 Å². The van der Waals surface area contributed by atoms with Gasteiger partial charge in [0, 0.05) is 20.4 Å². The van der Waals surface area contributed by atoms with Gasteiger partial charge in [-0.25, -0.2) is 0 Å². The van der Waals surface area contributed by atoms with Gasteiger partial charge in [-0.2, -0.15) is 0 Å². The van der Waals surface area contributed by atoms with Crippen LogP contribution in [0.25, 0.3) is 0 Å². The van der Waals surface area contributed by atoms with Gasteiger partial charge in [0.2, 0.25) is 11.8 Å². The summed E-state index contributed by atoms with van der Waals surface area (Å²) in [5, 5.41) is 14.2. The van der Waals surface area contributed by atoms with E-state index in [0.29, 0.717) is 6.42 Å². The number of amides is 2. The van der Waals surface area contributed by atoms with Crippen molar-refractivity contribution in [2.75, 3.05) is 7.05 Å². The lowest BCUT2D eigenvalue weighted by Crippen LogP contribution is -2.46. The highest BCUT2D eigenvalue weighted by molar-refractivity contribution is 5.86. The zero-order valence-electron chi connectivity index (χ0n) is 9.86. The molecule has 5 nitrogen and oxygen atoms in total. The fourth-order valence-electron chi connectivity index (χ4n) is 1.50. The SMILES string of the molecule is CNC(=O)[C@@H](Cc1ccc(O)cc1)NC(C)=O. The van der Waals surface area contributed by atoms with E-state index in [1.54, 1.807) is 24.3 Å². The summed E-state index contributed by atoms with van der Waals surface area (Å²) in [6.45, 7) is 1.37. The number of benzene rings is 1. The molecule has 0 saturated heterocycles. The molecule has 92 valence electrons. The van der Waals surface area contributed by atoms with Gasteiger partial charge in [-0.3, -0.25) is 9.59 Å². The summed E-state index contributed by atoms with van der Waals surface area (Å²) in [6.07, 6.45) is 0.388. The monoisotopic (exact) mass is 236 g/mol. The highest BCUT2D eigenvalue weighted by Gasteiger charge is 2.18. The van der Waals surface area contributed by atoms with Gasteiger partial charge in [0.15, 0.2) is 0 Å². The van der Waals surface area contributed by atoms with Gasteiger partial charge in [0.1, 0.15) is 11.8 Å². The molecule has 0 spiro atoms. The van der Waals surface area contributed by atoms with Gasteiger partial charge in [-0.15, -0.1) is 0 Å². The average molecular weight is 236 g/mol. The normalized spacial score (nSPS) is 11.6. The largest absolute Gasteiger partial charge is 0.508 e. The Balaban J connectivity index is 2.75. The second-order valence-corrected chi connectivity index (χ2v) is 3.74. The Hall–Kier alpha value is -2.04. The Kier molecular flexibility index (Phi) is 4.51. The average Bonchev–Trinajstić information content (AvgIpc) is 2.29. The summed E-state index contributed by atoms with van der Waals surface area (Å²) < 4.78 is 0. The third kappa shape index (κ3) is 4.14. The maximum Gasteiger partial charge on any atom is 0.242 e. The van der Waals surface area contributed by atoms with Crippen LogP contribution in [-0.4, -0.2) is 30.0 Å². The molecule has 0 aliphatic carbocycles. The van der Waals surface area contributed by atoms with Gasteiger partial charge in [-0.05, 0) is 17.7 Å². The number of hydrogen-bond donors (Lipinski definition) is 3. The van der Waals surface area contributed by atoms with E-state index in [9.17, 15) is 9.59 Å². The molecule has 17 heavy (non-hydrogen) atoms. The maximum atomic E-state index is 11.5. The standard InChI is InChI=1S/C12H16N2O3/c1-8(15)14-11(12(17)13-2)7-9-3-5-10(16)6-4-9/h3-6,11,16H,7H2,1-2H3,(H,13,17)(H,14,15)/t11-/m1/s1. The van der Waals surface area contributed by atoms with E-state index in [1.807, 2.05) is 0 Å². The molecule has 0 aliphatic rings. The van der Waals surface area contributed by atoms with Crippen molar-refractivity contribution in [3.63, 3.8) is 0 Å².